The minimum atomic E-state index is -0.918. The van der Waals surface area contributed by atoms with E-state index < -0.39 is 10.8 Å². The minimum Gasteiger partial charge on any atom is -0.469 e. The summed E-state index contributed by atoms with van der Waals surface area (Å²) in [5.41, 5.74) is 0.678. The van der Waals surface area contributed by atoms with Crippen molar-refractivity contribution in [1.29, 1.82) is 0 Å². The van der Waals surface area contributed by atoms with Gasteiger partial charge in [0, 0.05) is 5.56 Å². The fraction of sp³-hybridized carbons (Fsp3) is 0.200. The third kappa shape index (κ3) is 2.75. The lowest BCUT2D eigenvalue weighted by molar-refractivity contribution is -0.147. The van der Waals surface area contributed by atoms with E-state index in [2.05, 4.69) is 0 Å². The fourth-order valence-corrected chi connectivity index (χ4v) is 4.45. The van der Waals surface area contributed by atoms with Crippen LogP contribution in [0.15, 0.2) is 91.0 Å². The van der Waals surface area contributed by atoms with Crippen molar-refractivity contribution in [3.05, 3.63) is 108 Å². The molecule has 28 heavy (non-hydrogen) atoms. The highest BCUT2D eigenvalue weighted by atomic mass is 16.5. The van der Waals surface area contributed by atoms with E-state index in [9.17, 15) is 9.59 Å². The first kappa shape index (κ1) is 18.2. The molecule has 0 amide bonds. The predicted octanol–water partition coefficient (Wildman–Crippen LogP) is 4.61. The van der Waals surface area contributed by atoms with Crippen LogP contribution >= 0.6 is 0 Å². The van der Waals surface area contributed by atoms with Gasteiger partial charge in [-0.1, -0.05) is 91.0 Å². The number of hydrogen-bond donors (Lipinski definition) is 0. The molecule has 3 heteroatoms. The van der Waals surface area contributed by atoms with E-state index in [4.69, 9.17) is 4.74 Å². The Bertz CT molecular complexity index is 982. The summed E-state index contributed by atoms with van der Waals surface area (Å²) in [5.74, 6) is -0.356. The molecule has 2 atom stereocenters. The molecule has 3 aromatic rings. The Labute approximate surface area is 165 Å². The van der Waals surface area contributed by atoms with Gasteiger partial charge in [-0.05, 0) is 24.0 Å². The van der Waals surface area contributed by atoms with Crippen molar-refractivity contribution in [3.8, 4) is 0 Å². The van der Waals surface area contributed by atoms with Crippen LogP contribution in [0.1, 0.15) is 27.9 Å². The first-order valence-electron chi connectivity index (χ1n) is 9.42. The van der Waals surface area contributed by atoms with Gasteiger partial charge in [0.05, 0.1) is 17.9 Å². The number of ketones is 1. The molecule has 0 heterocycles. The number of carbonyl (C=O) groups is 2. The normalized spacial score (nSPS) is 23.0. The van der Waals surface area contributed by atoms with Crippen LogP contribution in [0.4, 0.5) is 0 Å². The third-order valence-electron chi connectivity index (χ3n) is 5.87. The zero-order valence-electron chi connectivity index (χ0n) is 15.8. The maximum atomic E-state index is 13.7. The standard InChI is InChI=1S/C25H22O3/c1-28-23(27)24(17-19-11-5-2-6-12-19)18-25(24,21-15-9-4-10-16-21)22(26)20-13-7-3-8-14-20/h2-16H,17-18H2,1H3/t24-,25+/m1/s1. The van der Waals surface area contributed by atoms with Crippen molar-refractivity contribution in [2.24, 2.45) is 5.41 Å². The summed E-state index contributed by atoms with van der Waals surface area (Å²) in [6, 6.07) is 28.7. The highest BCUT2D eigenvalue weighted by Gasteiger charge is 2.76. The Morgan fingerprint density at radius 1 is 0.821 bits per heavy atom. The van der Waals surface area contributed by atoms with Crippen LogP contribution < -0.4 is 0 Å². The van der Waals surface area contributed by atoms with E-state index in [-0.39, 0.29) is 11.8 Å². The van der Waals surface area contributed by atoms with Gasteiger partial charge in [0.15, 0.2) is 5.78 Å². The Balaban J connectivity index is 1.86. The molecular formula is C25H22O3. The number of ether oxygens (including phenoxy) is 1. The van der Waals surface area contributed by atoms with Gasteiger partial charge in [0.1, 0.15) is 0 Å². The molecular weight excluding hydrogens is 348 g/mol. The number of esters is 1. The second kappa shape index (κ2) is 7.08. The lowest BCUT2D eigenvalue weighted by Gasteiger charge is -2.24. The molecule has 1 aliphatic rings. The minimum absolute atomic E-state index is 0.0272. The van der Waals surface area contributed by atoms with Gasteiger partial charge in [-0.2, -0.15) is 0 Å². The highest BCUT2D eigenvalue weighted by Crippen LogP contribution is 2.68. The van der Waals surface area contributed by atoms with Crippen molar-refractivity contribution in [2.45, 2.75) is 18.3 Å². The lowest BCUT2D eigenvalue weighted by Crippen LogP contribution is -2.35. The van der Waals surface area contributed by atoms with Gasteiger partial charge in [-0.25, -0.2) is 0 Å². The molecule has 1 fully saturated rings. The molecule has 4 rings (SSSR count). The summed E-state index contributed by atoms with van der Waals surface area (Å²) in [6.07, 6.45) is 0.910. The molecule has 1 aliphatic carbocycles. The molecule has 0 spiro atoms. The average molecular weight is 370 g/mol. The number of rotatable bonds is 6. The second-order valence-corrected chi connectivity index (χ2v) is 7.38. The lowest BCUT2D eigenvalue weighted by atomic mass is 9.77. The molecule has 0 aromatic heterocycles. The summed E-state index contributed by atoms with van der Waals surface area (Å²) in [4.78, 5) is 26.8. The summed E-state index contributed by atoms with van der Waals surface area (Å²) in [7, 11) is 1.40. The molecule has 0 bridgehead atoms. The van der Waals surface area contributed by atoms with E-state index >= 15 is 0 Å². The highest BCUT2D eigenvalue weighted by molar-refractivity contribution is 6.12. The van der Waals surface area contributed by atoms with Gasteiger partial charge in [0.25, 0.3) is 0 Å². The molecule has 140 valence electrons. The molecule has 0 radical (unpaired) electrons. The van der Waals surface area contributed by atoms with Gasteiger partial charge in [-0.15, -0.1) is 0 Å². The van der Waals surface area contributed by atoms with Crippen LogP contribution in [0.2, 0.25) is 0 Å². The maximum absolute atomic E-state index is 13.7. The molecule has 0 saturated heterocycles. The zero-order valence-corrected chi connectivity index (χ0v) is 15.8. The van der Waals surface area contributed by atoms with Crippen molar-refractivity contribution < 1.29 is 14.3 Å². The molecule has 3 nitrogen and oxygen atoms in total. The fourth-order valence-electron chi connectivity index (χ4n) is 4.45. The van der Waals surface area contributed by atoms with Crippen LogP contribution in [0.3, 0.4) is 0 Å². The number of methoxy groups -OCH3 is 1. The smallest absolute Gasteiger partial charge is 0.313 e. The van der Waals surface area contributed by atoms with Crippen LogP contribution in [0.25, 0.3) is 0 Å². The molecule has 0 unspecified atom stereocenters. The largest absolute Gasteiger partial charge is 0.469 e. The van der Waals surface area contributed by atoms with Crippen LogP contribution in [-0.2, 0) is 21.4 Å². The first-order chi connectivity index (χ1) is 13.6. The average Bonchev–Trinajstić information content (AvgIpc) is 3.45. The number of benzene rings is 3. The van der Waals surface area contributed by atoms with E-state index in [1.54, 1.807) is 0 Å². The SMILES string of the molecule is COC(=O)[C@@]1(Cc2ccccc2)C[C@@]1(C(=O)c1ccccc1)c1ccccc1. The van der Waals surface area contributed by atoms with Crippen molar-refractivity contribution in [2.75, 3.05) is 7.11 Å². The number of carbonyl (C=O) groups excluding carboxylic acids is 2. The van der Waals surface area contributed by atoms with Crippen molar-refractivity contribution in [3.63, 3.8) is 0 Å². The Morgan fingerprint density at radius 3 is 1.93 bits per heavy atom. The summed E-state index contributed by atoms with van der Waals surface area (Å²) in [6.45, 7) is 0. The van der Waals surface area contributed by atoms with Gasteiger partial charge < -0.3 is 4.74 Å². The maximum Gasteiger partial charge on any atom is 0.313 e. The monoisotopic (exact) mass is 370 g/mol. The van der Waals surface area contributed by atoms with Gasteiger partial charge in [-0.3, -0.25) is 9.59 Å². The third-order valence-corrected chi connectivity index (χ3v) is 5.87. The van der Waals surface area contributed by atoms with Crippen LogP contribution in [0, 0.1) is 5.41 Å². The Morgan fingerprint density at radius 2 is 1.36 bits per heavy atom. The number of Topliss-reactive ketones (excluding diaryl/α,β-unsaturated/α-hetero) is 1. The van der Waals surface area contributed by atoms with E-state index in [0.29, 0.717) is 18.4 Å². The molecule has 0 aliphatic heterocycles. The summed E-state index contributed by atoms with van der Waals surface area (Å²) >= 11 is 0. The molecule has 0 N–H and O–H groups in total. The van der Waals surface area contributed by atoms with E-state index in [1.165, 1.54) is 7.11 Å². The molecule has 3 aromatic carbocycles. The molecule has 1 saturated carbocycles. The van der Waals surface area contributed by atoms with Crippen molar-refractivity contribution >= 4 is 11.8 Å². The van der Waals surface area contributed by atoms with Crippen LogP contribution in [-0.4, -0.2) is 18.9 Å². The summed E-state index contributed by atoms with van der Waals surface area (Å²) in [5, 5.41) is 0. The van der Waals surface area contributed by atoms with Gasteiger partial charge in [0.2, 0.25) is 0 Å². The van der Waals surface area contributed by atoms with Gasteiger partial charge >= 0.3 is 5.97 Å². The Hall–Kier alpha value is -3.20. The Kier molecular flexibility index (Phi) is 4.60. The zero-order chi connectivity index (χ0) is 19.6. The topological polar surface area (TPSA) is 43.4 Å². The predicted molar refractivity (Wildman–Crippen MR) is 108 cm³/mol. The van der Waals surface area contributed by atoms with E-state index in [0.717, 1.165) is 11.1 Å². The van der Waals surface area contributed by atoms with E-state index in [1.807, 2.05) is 91.0 Å². The first-order valence-corrected chi connectivity index (χ1v) is 9.42. The summed E-state index contributed by atoms with van der Waals surface area (Å²) < 4.78 is 5.22. The quantitative estimate of drug-likeness (QED) is 0.470. The van der Waals surface area contributed by atoms with Crippen LogP contribution in [0.5, 0.6) is 0 Å². The second-order valence-electron chi connectivity index (χ2n) is 7.38. The van der Waals surface area contributed by atoms with Crippen molar-refractivity contribution in [1.82, 2.24) is 0 Å². The number of hydrogen-bond acceptors (Lipinski definition) is 3.